The fourth-order valence-electron chi connectivity index (χ4n) is 2.06. The first-order chi connectivity index (χ1) is 7.70. The van der Waals surface area contributed by atoms with Crippen molar-refractivity contribution in [2.45, 2.75) is 32.6 Å². The molecule has 0 aromatic carbocycles. The number of carbonyl (C=O) groups is 1. The Morgan fingerprint density at radius 3 is 2.56 bits per heavy atom. The lowest BCUT2D eigenvalue weighted by Gasteiger charge is -2.13. The van der Waals surface area contributed by atoms with Crippen LogP contribution in [0.4, 0.5) is 0 Å². The zero-order chi connectivity index (χ0) is 11.4. The molecule has 0 bridgehead atoms. The Hall–Kier alpha value is -1.62. The molecular weight excluding hydrogens is 198 g/mol. The van der Waals surface area contributed by atoms with Crippen molar-refractivity contribution in [2.24, 2.45) is 5.41 Å². The maximum absolute atomic E-state index is 11.7. The van der Waals surface area contributed by atoms with Crippen LogP contribution in [-0.4, -0.2) is 10.8 Å². The number of ketones is 1. The number of nitrogens with zero attached hydrogens (tertiary/aromatic N) is 1. The van der Waals surface area contributed by atoms with Gasteiger partial charge in [-0.2, -0.15) is 0 Å². The molecule has 2 nitrogen and oxygen atoms in total. The zero-order valence-electron chi connectivity index (χ0n) is 9.49. The first-order valence-corrected chi connectivity index (χ1v) is 5.67. The van der Waals surface area contributed by atoms with Crippen LogP contribution < -0.4 is 0 Å². The van der Waals surface area contributed by atoms with Gasteiger partial charge in [0.2, 0.25) is 5.78 Å². The van der Waals surface area contributed by atoms with Gasteiger partial charge < -0.3 is 0 Å². The third-order valence-corrected chi connectivity index (χ3v) is 3.13. The van der Waals surface area contributed by atoms with Crippen LogP contribution in [0.15, 0.2) is 24.5 Å². The second-order valence-electron chi connectivity index (χ2n) is 4.58. The van der Waals surface area contributed by atoms with Gasteiger partial charge in [0.15, 0.2) is 0 Å². The van der Waals surface area contributed by atoms with E-state index in [1.54, 1.807) is 24.5 Å². The lowest BCUT2D eigenvalue weighted by atomic mass is 9.89. The predicted molar refractivity (Wildman–Crippen MR) is 62.9 cm³/mol. The van der Waals surface area contributed by atoms with E-state index in [4.69, 9.17) is 0 Å². The Kier molecular flexibility index (Phi) is 3.05. The van der Waals surface area contributed by atoms with E-state index in [1.165, 1.54) is 12.8 Å². The lowest BCUT2D eigenvalue weighted by Crippen LogP contribution is -2.08. The molecule has 2 heteroatoms. The second-order valence-corrected chi connectivity index (χ2v) is 4.58. The molecule has 1 fully saturated rings. The van der Waals surface area contributed by atoms with Crippen molar-refractivity contribution >= 4 is 5.78 Å². The number of aromatic nitrogens is 1. The Labute approximate surface area is 96.1 Å². The Bertz CT molecular complexity index is 433. The van der Waals surface area contributed by atoms with Crippen LogP contribution in [0.25, 0.3) is 0 Å². The molecule has 0 saturated heterocycles. The number of hydrogen-bond donors (Lipinski definition) is 0. The fraction of sp³-hybridized carbons (Fsp3) is 0.429. The number of hydrogen-bond acceptors (Lipinski definition) is 2. The summed E-state index contributed by atoms with van der Waals surface area (Å²) in [7, 11) is 0. The van der Waals surface area contributed by atoms with Crippen LogP contribution >= 0.6 is 0 Å². The molecule has 1 saturated carbocycles. The average Bonchev–Trinajstić information content (AvgIpc) is 2.75. The molecular formula is C14H15NO. The van der Waals surface area contributed by atoms with Gasteiger partial charge in [-0.05, 0) is 37.8 Å². The van der Waals surface area contributed by atoms with E-state index >= 15 is 0 Å². The largest absolute Gasteiger partial charge is 0.279 e. The summed E-state index contributed by atoms with van der Waals surface area (Å²) in [6.07, 6.45) is 7.93. The van der Waals surface area contributed by atoms with E-state index in [1.807, 2.05) is 0 Å². The number of Topliss-reactive ketones (excluding diaryl/α,β-unsaturated/α-hetero) is 1. The second kappa shape index (κ2) is 4.49. The summed E-state index contributed by atoms with van der Waals surface area (Å²) >= 11 is 0. The molecule has 0 unspecified atom stereocenters. The fourth-order valence-corrected chi connectivity index (χ4v) is 2.06. The summed E-state index contributed by atoms with van der Waals surface area (Å²) in [6, 6.07) is 3.40. The molecule has 1 heterocycles. The first-order valence-electron chi connectivity index (χ1n) is 5.67. The molecule has 1 aliphatic carbocycles. The van der Waals surface area contributed by atoms with Crippen molar-refractivity contribution in [3.8, 4) is 11.8 Å². The summed E-state index contributed by atoms with van der Waals surface area (Å²) < 4.78 is 0. The quantitative estimate of drug-likeness (QED) is 0.408. The van der Waals surface area contributed by atoms with Crippen molar-refractivity contribution in [1.82, 2.24) is 4.98 Å². The highest BCUT2D eigenvalue weighted by molar-refractivity contribution is 6.08. The number of rotatable bonds is 1. The van der Waals surface area contributed by atoms with E-state index in [9.17, 15) is 4.79 Å². The smallest absolute Gasteiger partial charge is 0.236 e. The minimum atomic E-state index is -0.101. The Morgan fingerprint density at radius 2 is 1.94 bits per heavy atom. The molecule has 0 N–H and O–H groups in total. The molecule has 0 radical (unpaired) electrons. The highest BCUT2D eigenvalue weighted by atomic mass is 16.1. The Morgan fingerprint density at radius 1 is 1.31 bits per heavy atom. The van der Waals surface area contributed by atoms with Crippen molar-refractivity contribution in [3.63, 3.8) is 0 Å². The van der Waals surface area contributed by atoms with Crippen molar-refractivity contribution in [3.05, 3.63) is 30.1 Å². The van der Waals surface area contributed by atoms with Crippen LogP contribution in [0.5, 0.6) is 0 Å². The van der Waals surface area contributed by atoms with Gasteiger partial charge in [0.25, 0.3) is 0 Å². The third-order valence-electron chi connectivity index (χ3n) is 3.13. The number of carbonyl (C=O) groups excluding carboxylic acids is 1. The number of pyridine rings is 1. The zero-order valence-corrected chi connectivity index (χ0v) is 9.49. The maximum Gasteiger partial charge on any atom is 0.236 e. The van der Waals surface area contributed by atoms with E-state index in [0.717, 1.165) is 12.8 Å². The van der Waals surface area contributed by atoms with Crippen LogP contribution in [0.3, 0.4) is 0 Å². The molecule has 0 atom stereocenters. The molecule has 2 rings (SSSR count). The van der Waals surface area contributed by atoms with Crippen LogP contribution in [0, 0.1) is 17.3 Å². The molecule has 0 amide bonds. The van der Waals surface area contributed by atoms with Gasteiger partial charge in [0, 0.05) is 23.4 Å². The van der Waals surface area contributed by atoms with Crippen molar-refractivity contribution in [1.29, 1.82) is 0 Å². The van der Waals surface area contributed by atoms with Gasteiger partial charge in [0.1, 0.15) is 0 Å². The summed E-state index contributed by atoms with van der Waals surface area (Å²) in [4.78, 5) is 15.6. The Balaban J connectivity index is 2.11. The minimum absolute atomic E-state index is 0.0582. The summed E-state index contributed by atoms with van der Waals surface area (Å²) in [6.45, 7) is 2.15. The van der Waals surface area contributed by atoms with E-state index in [0.29, 0.717) is 5.56 Å². The summed E-state index contributed by atoms with van der Waals surface area (Å²) in [5, 5.41) is 0. The minimum Gasteiger partial charge on any atom is -0.279 e. The highest BCUT2D eigenvalue weighted by Gasteiger charge is 2.26. The van der Waals surface area contributed by atoms with E-state index in [2.05, 4.69) is 23.7 Å². The van der Waals surface area contributed by atoms with Crippen LogP contribution in [0.1, 0.15) is 43.0 Å². The molecule has 1 aromatic heterocycles. The van der Waals surface area contributed by atoms with Gasteiger partial charge in [-0.3, -0.25) is 9.78 Å². The maximum atomic E-state index is 11.7. The molecule has 0 spiro atoms. The topological polar surface area (TPSA) is 30.0 Å². The normalized spacial score (nSPS) is 17.6. The standard InChI is InChI=1S/C14H15NO/c1-14(7-2-3-8-14)9-4-13(16)12-5-10-15-11-6-12/h5-6,10-11H,2-3,7-8H2,1H3. The van der Waals surface area contributed by atoms with Crippen LogP contribution in [-0.2, 0) is 0 Å². The SMILES string of the molecule is CC1(C#CC(=O)c2ccncc2)CCCC1. The van der Waals surface area contributed by atoms with Gasteiger partial charge in [0.05, 0.1) is 0 Å². The van der Waals surface area contributed by atoms with E-state index < -0.39 is 0 Å². The molecule has 1 aromatic rings. The van der Waals surface area contributed by atoms with Crippen molar-refractivity contribution < 1.29 is 4.79 Å². The molecule has 16 heavy (non-hydrogen) atoms. The third kappa shape index (κ3) is 2.49. The summed E-state index contributed by atoms with van der Waals surface area (Å²) in [5.74, 6) is 5.80. The molecule has 0 aliphatic heterocycles. The van der Waals surface area contributed by atoms with Gasteiger partial charge in [-0.15, -0.1) is 0 Å². The van der Waals surface area contributed by atoms with Gasteiger partial charge >= 0.3 is 0 Å². The predicted octanol–water partition coefficient (Wildman–Crippen LogP) is 2.85. The monoisotopic (exact) mass is 213 g/mol. The molecule has 82 valence electrons. The van der Waals surface area contributed by atoms with E-state index in [-0.39, 0.29) is 11.2 Å². The molecule has 1 aliphatic rings. The summed E-state index contributed by atoms with van der Waals surface area (Å²) in [5.41, 5.74) is 0.687. The average molecular weight is 213 g/mol. The first kappa shape index (κ1) is 10.9. The van der Waals surface area contributed by atoms with Crippen LogP contribution in [0.2, 0.25) is 0 Å². The highest BCUT2D eigenvalue weighted by Crippen LogP contribution is 2.36. The van der Waals surface area contributed by atoms with Crippen molar-refractivity contribution in [2.75, 3.05) is 0 Å². The van der Waals surface area contributed by atoms with Gasteiger partial charge in [-0.25, -0.2) is 0 Å². The lowest BCUT2D eigenvalue weighted by molar-refractivity contribution is 0.105. The van der Waals surface area contributed by atoms with Gasteiger partial charge in [-0.1, -0.05) is 18.8 Å².